The molecular weight excluding hydrogens is 336 g/mol. The zero-order valence-electron chi connectivity index (χ0n) is 16.2. The average molecular weight is 369 g/mol. The van der Waals surface area contributed by atoms with Gasteiger partial charge in [0.2, 0.25) is 0 Å². The quantitative estimate of drug-likeness (QED) is 0.453. The van der Waals surface area contributed by atoms with Crippen molar-refractivity contribution in [2.75, 3.05) is 0 Å². The summed E-state index contributed by atoms with van der Waals surface area (Å²) in [6.45, 7) is 5.37. The maximum Gasteiger partial charge on any atom is 0.320 e. The van der Waals surface area contributed by atoms with Crippen LogP contribution in [0.25, 0.3) is 0 Å². The largest absolute Gasteiger partial charge is 0.513 e. The standard InChI is InChI=1S/C23H32O2Si/c1-17(2)23(24)25-26-16-21-14-13-20(18-9-5-3-6-10-18)15-22(21)19-11-7-4-8-12-19/h13-15,18-19H,1,3-12,16H2,2H3. The summed E-state index contributed by atoms with van der Waals surface area (Å²) < 4.78 is 5.39. The van der Waals surface area contributed by atoms with Crippen LogP contribution in [0.2, 0.25) is 0 Å². The first-order valence-corrected chi connectivity index (χ1v) is 11.5. The van der Waals surface area contributed by atoms with E-state index in [0.717, 1.165) is 12.0 Å². The normalized spacial score (nSPS) is 19.3. The van der Waals surface area contributed by atoms with Crippen LogP contribution in [0.4, 0.5) is 0 Å². The Bertz CT molecular complexity index is 625. The van der Waals surface area contributed by atoms with Crippen LogP contribution in [0.15, 0.2) is 30.4 Å². The molecule has 0 amide bonds. The van der Waals surface area contributed by atoms with Crippen LogP contribution >= 0.6 is 0 Å². The van der Waals surface area contributed by atoms with E-state index in [2.05, 4.69) is 24.8 Å². The summed E-state index contributed by atoms with van der Waals surface area (Å²) in [5.41, 5.74) is 4.98. The summed E-state index contributed by atoms with van der Waals surface area (Å²) in [6.07, 6.45) is 13.6. The molecule has 2 saturated carbocycles. The Balaban J connectivity index is 1.75. The maximum absolute atomic E-state index is 11.7. The molecule has 140 valence electrons. The molecule has 1 aromatic rings. The number of carbonyl (C=O) groups is 1. The fourth-order valence-corrected chi connectivity index (χ4v) is 5.38. The van der Waals surface area contributed by atoms with Crippen molar-refractivity contribution in [1.82, 2.24) is 0 Å². The molecule has 0 heterocycles. The Morgan fingerprint density at radius 1 is 1.04 bits per heavy atom. The lowest BCUT2D eigenvalue weighted by Crippen LogP contribution is -2.15. The molecule has 1 aromatic carbocycles. The number of hydrogen-bond donors (Lipinski definition) is 0. The molecule has 0 saturated heterocycles. The first kappa shape index (κ1) is 19.4. The minimum atomic E-state index is -0.263. The molecule has 2 aliphatic carbocycles. The van der Waals surface area contributed by atoms with E-state index in [1.807, 2.05) is 0 Å². The minimum absolute atomic E-state index is 0.186. The van der Waals surface area contributed by atoms with E-state index in [0.29, 0.717) is 11.5 Å². The monoisotopic (exact) mass is 368 g/mol. The summed E-state index contributed by atoms with van der Waals surface area (Å²) in [6, 6.07) is 8.04. The van der Waals surface area contributed by atoms with Gasteiger partial charge >= 0.3 is 15.7 Å². The summed E-state index contributed by atoms with van der Waals surface area (Å²) >= 11 is 0. The molecule has 2 fully saturated rings. The molecule has 0 N–H and O–H groups in total. The molecule has 0 spiro atoms. The van der Waals surface area contributed by atoms with Crippen LogP contribution in [0.5, 0.6) is 0 Å². The SMILES string of the molecule is C=C(C)C(=O)O[Si]Cc1ccc(C2CCCCC2)cc1C1CCCCC1. The third kappa shape index (κ3) is 5.09. The van der Waals surface area contributed by atoms with E-state index in [9.17, 15) is 4.79 Å². The van der Waals surface area contributed by atoms with Crippen LogP contribution in [0.1, 0.15) is 99.7 Å². The lowest BCUT2D eigenvalue weighted by atomic mass is 9.78. The maximum atomic E-state index is 11.7. The average Bonchev–Trinajstić information content (AvgIpc) is 2.69. The Kier molecular flexibility index (Phi) is 7.13. The molecule has 26 heavy (non-hydrogen) atoms. The molecule has 0 aromatic heterocycles. The van der Waals surface area contributed by atoms with Gasteiger partial charge in [0.25, 0.3) is 0 Å². The second-order valence-electron chi connectivity index (χ2n) is 8.12. The van der Waals surface area contributed by atoms with Crippen LogP contribution in [-0.2, 0) is 15.3 Å². The van der Waals surface area contributed by atoms with Crippen molar-refractivity contribution in [3.63, 3.8) is 0 Å². The molecule has 2 nitrogen and oxygen atoms in total. The highest BCUT2D eigenvalue weighted by Gasteiger charge is 2.22. The third-order valence-corrected chi connectivity index (χ3v) is 6.92. The summed E-state index contributed by atoms with van der Waals surface area (Å²) in [5.74, 6) is 1.19. The van der Waals surface area contributed by atoms with Crippen molar-refractivity contribution in [3.8, 4) is 0 Å². The molecule has 2 aliphatic rings. The van der Waals surface area contributed by atoms with Crippen molar-refractivity contribution in [2.45, 2.75) is 89.0 Å². The number of benzene rings is 1. The van der Waals surface area contributed by atoms with E-state index in [4.69, 9.17) is 4.43 Å². The van der Waals surface area contributed by atoms with Crippen molar-refractivity contribution >= 4 is 15.7 Å². The van der Waals surface area contributed by atoms with Gasteiger partial charge in [-0.3, -0.25) is 0 Å². The van der Waals surface area contributed by atoms with Gasteiger partial charge in [-0.15, -0.1) is 0 Å². The van der Waals surface area contributed by atoms with E-state index in [1.54, 1.807) is 18.1 Å². The van der Waals surface area contributed by atoms with E-state index in [1.165, 1.54) is 69.8 Å². The van der Waals surface area contributed by atoms with Crippen molar-refractivity contribution in [3.05, 3.63) is 47.0 Å². The van der Waals surface area contributed by atoms with Crippen LogP contribution in [0.3, 0.4) is 0 Å². The molecule has 0 atom stereocenters. The fraction of sp³-hybridized carbons (Fsp3) is 0.609. The van der Waals surface area contributed by atoms with E-state index < -0.39 is 0 Å². The van der Waals surface area contributed by atoms with Gasteiger partial charge in [-0.2, -0.15) is 0 Å². The molecule has 0 unspecified atom stereocenters. The lowest BCUT2D eigenvalue weighted by molar-refractivity contribution is -0.130. The van der Waals surface area contributed by atoms with Gasteiger partial charge in [0, 0.05) is 11.6 Å². The van der Waals surface area contributed by atoms with Gasteiger partial charge in [0.1, 0.15) is 0 Å². The fourth-order valence-electron chi connectivity index (χ4n) is 4.52. The Morgan fingerprint density at radius 3 is 2.27 bits per heavy atom. The summed E-state index contributed by atoms with van der Waals surface area (Å²) in [4.78, 5) is 11.7. The van der Waals surface area contributed by atoms with Gasteiger partial charge < -0.3 is 4.43 Å². The van der Waals surface area contributed by atoms with Gasteiger partial charge in [0.05, 0.1) is 0 Å². The Morgan fingerprint density at radius 2 is 1.65 bits per heavy atom. The third-order valence-electron chi connectivity index (χ3n) is 6.07. The molecular formula is C23H32O2Si. The highest BCUT2D eigenvalue weighted by Crippen LogP contribution is 2.38. The predicted octanol–water partition coefficient (Wildman–Crippen LogP) is 6.02. The summed E-state index contributed by atoms with van der Waals surface area (Å²) in [5, 5.41) is 0. The zero-order valence-corrected chi connectivity index (χ0v) is 17.2. The van der Waals surface area contributed by atoms with Crippen molar-refractivity contribution < 1.29 is 9.22 Å². The van der Waals surface area contributed by atoms with Gasteiger partial charge in [-0.25, -0.2) is 4.79 Å². The zero-order chi connectivity index (χ0) is 18.4. The second-order valence-corrected chi connectivity index (χ2v) is 8.97. The lowest BCUT2D eigenvalue weighted by Gasteiger charge is -2.27. The van der Waals surface area contributed by atoms with Crippen LogP contribution < -0.4 is 0 Å². The topological polar surface area (TPSA) is 26.3 Å². The number of rotatable bonds is 6. The molecule has 3 heteroatoms. The minimum Gasteiger partial charge on any atom is -0.513 e. The highest BCUT2D eigenvalue weighted by molar-refractivity contribution is 6.31. The Labute approximate surface area is 161 Å². The highest BCUT2D eigenvalue weighted by atomic mass is 28.2. The smallest absolute Gasteiger partial charge is 0.320 e. The first-order chi connectivity index (χ1) is 12.6. The van der Waals surface area contributed by atoms with Gasteiger partial charge in [-0.05, 0) is 61.1 Å². The van der Waals surface area contributed by atoms with Crippen molar-refractivity contribution in [1.29, 1.82) is 0 Å². The van der Waals surface area contributed by atoms with Crippen LogP contribution in [0, 0.1) is 0 Å². The molecule has 0 bridgehead atoms. The predicted molar refractivity (Wildman–Crippen MR) is 108 cm³/mol. The molecule has 2 radical (unpaired) electrons. The van der Waals surface area contributed by atoms with E-state index in [-0.39, 0.29) is 15.7 Å². The molecule has 3 rings (SSSR count). The van der Waals surface area contributed by atoms with E-state index >= 15 is 0 Å². The Hall–Kier alpha value is -1.35. The van der Waals surface area contributed by atoms with Gasteiger partial charge in [0.15, 0.2) is 0 Å². The number of carbonyl (C=O) groups excluding carboxylic acids is 1. The molecule has 0 aliphatic heterocycles. The van der Waals surface area contributed by atoms with Gasteiger partial charge in [-0.1, -0.05) is 63.3 Å². The number of hydrogen-bond acceptors (Lipinski definition) is 2. The first-order valence-electron chi connectivity index (χ1n) is 10.4. The summed E-state index contributed by atoms with van der Waals surface area (Å²) in [7, 11) is 0.186. The van der Waals surface area contributed by atoms with Crippen molar-refractivity contribution in [2.24, 2.45) is 0 Å². The van der Waals surface area contributed by atoms with Crippen LogP contribution in [-0.4, -0.2) is 15.7 Å². The second kappa shape index (κ2) is 9.54.